The number of anilines is 1. The maximum absolute atomic E-state index is 13.4. The second-order valence-electron chi connectivity index (χ2n) is 6.41. The Bertz CT molecular complexity index is 1330. The summed E-state index contributed by atoms with van der Waals surface area (Å²) in [4.78, 5) is 30.1. The van der Waals surface area contributed by atoms with Crippen molar-refractivity contribution in [3.05, 3.63) is 74.7 Å². The number of pyridine rings is 2. The molecule has 0 atom stereocenters. The summed E-state index contributed by atoms with van der Waals surface area (Å²) in [6.07, 6.45) is 1.76. The van der Waals surface area contributed by atoms with Gasteiger partial charge in [-0.05, 0) is 37.3 Å². The molecule has 2 aromatic carbocycles. The molecule has 0 aliphatic rings. The summed E-state index contributed by atoms with van der Waals surface area (Å²) in [5.41, 5.74) is 7.64. The third kappa shape index (κ3) is 2.75. The van der Waals surface area contributed by atoms with Crippen LogP contribution in [0.25, 0.3) is 27.4 Å². The van der Waals surface area contributed by atoms with Crippen molar-refractivity contribution in [2.45, 2.75) is 6.92 Å². The number of esters is 1. The van der Waals surface area contributed by atoms with Crippen LogP contribution in [0.3, 0.4) is 0 Å². The largest absolute Gasteiger partial charge is 0.465 e. The fourth-order valence-corrected chi connectivity index (χ4v) is 3.73. The fourth-order valence-electron chi connectivity index (χ4n) is 3.38. The van der Waals surface area contributed by atoms with Crippen LogP contribution in [-0.4, -0.2) is 22.6 Å². The molecule has 0 spiro atoms. The van der Waals surface area contributed by atoms with Gasteiger partial charge in [0.2, 0.25) is 0 Å². The van der Waals surface area contributed by atoms with E-state index >= 15 is 0 Å². The second-order valence-corrected chi connectivity index (χ2v) is 7.32. The number of hydrogen-bond donors (Lipinski definition) is 1. The van der Waals surface area contributed by atoms with Gasteiger partial charge in [0.25, 0.3) is 5.56 Å². The molecule has 0 radical (unpaired) electrons. The van der Waals surface area contributed by atoms with E-state index in [4.69, 9.17) is 10.5 Å². The van der Waals surface area contributed by atoms with Crippen LogP contribution in [0.5, 0.6) is 0 Å². The number of ether oxygens (including phenoxy) is 1. The van der Waals surface area contributed by atoms with Crippen molar-refractivity contribution in [1.29, 1.82) is 0 Å². The maximum atomic E-state index is 13.4. The zero-order chi connectivity index (χ0) is 20.0. The molecule has 2 heterocycles. The summed E-state index contributed by atoms with van der Waals surface area (Å²) >= 11 is 3.45. The van der Waals surface area contributed by atoms with Gasteiger partial charge in [-0.2, -0.15) is 0 Å². The molecular formula is C21H16BrN3O3. The third-order valence-corrected chi connectivity index (χ3v) is 5.18. The van der Waals surface area contributed by atoms with Crippen molar-refractivity contribution in [3.63, 3.8) is 0 Å². The van der Waals surface area contributed by atoms with Crippen molar-refractivity contribution in [1.82, 2.24) is 9.55 Å². The maximum Gasteiger partial charge on any atom is 0.345 e. The molecule has 7 heteroatoms. The number of halogens is 1. The number of rotatable bonds is 2. The van der Waals surface area contributed by atoms with Crippen molar-refractivity contribution < 1.29 is 9.53 Å². The predicted octanol–water partition coefficient (Wildman–Crippen LogP) is 3.98. The van der Waals surface area contributed by atoms with Crippen LogP contribution >= 0.6 is 15.9 Å². The van der Waals surface area contributed by atoms with Gasteiger partial charge in [-0.3, -0.25) is 14.3 Å². The Morgan fingerprint density at radius 1 is 1.18 bits per heavy atom. The van der Waals surface area contributed by atoms with Crippen LogP contribution in [0.15, 0.2) is 57.9 Å². The first kappa shape index (κ1) is 18.2. The van der Waals surface area contributed by atoms with E-state index in [1.54, 1.807) is 18.3 Å². The van der Waals surface area contributed by atoms with Crippen LogP contribution < -0.4 is 11.3 Å². The molecule has 6 nitrogen and oxygen atoms in total. The zero-order valence-electron chi connectivity index (χ0n) is 15.2. The van der Waals surface area contributed by atoms with Gasteiger partial charge in [-0.1, -0.05) is 28.1 Å². The highest BCUT2D eigenvalue weighted by molar-refractivity contribution is 9.10. The zero-order valence-corrected chi connectivity index (χ0v) is 16.8. The lowest BCUT2D eigenvalue weighted by molar-refractivity contribution is 0.0600. The lowest BCUT2D eigenvalue weighted by Crippen LogP contribution is -2.28. The third-order valence-electron chi connectivity index (χ3n) is 4.68. The van der Waals surface area contributed by atoms with E-state index in [0.717, 1.165) is 20.9 Å². The Balaban J connectivity index is 2.25. The van der Waals surface area contributed by atoms with E-state index in [-0.39, 0.29) is 11.3 Å². The van der Waals surface area contributed by atoms with Gasteiger partial charge in [0, 0.05) is 32.5 Å². The molecule has 0 saturated carbocycles. The van der Waals surface area contributed by atoms with Crippen molar-refractivity contribution >= 4 is 49.3 Å². The van der Waals surface area contributed by atoms with E-state index in [9.17, 15) is 9.59 Å². The van der Waals surface area contributed by atoms with E-state index in [2.05, 4.69) is 20.9 Å². The summed E-state index contributed by atoms with van der Waals surface area (Å²) < 4.78 is 7.11. The molecule has 0 aliphatic heterocycles. The van der Waals surface area contributed by atoms with E-state index in [1.165, 1.54) is 11.7 Å². The number of benzene rings is 2. The first-order valence-corrected chi connectivity index (χ1v) is 9.29. The number of aromatic nitrogens is 2. The van der Waals surface area contributed by atoms with E-state index in [1.807, 2.05) is 37.3 Å². The summed E-state index contributed by atoms with van der Waals surface area (Å²) in [7, 11) is 1.23. The molecule has 2 aromatic heterocycles. The summed E-state index contributed by atoms with van der Waals surface area (Å²) in [6, 6.07) is 12.9. The first-order chi connectivity index (χ1) is 13.4. The minimum absolute atomic E-state index is 0.105. The molecule has 0 fully saturated rings. The number of methoxy groups -OCH3 is 1. The number of carbonyl (C=O) groups excluding carboxylic acids is 1. The minimum Gasteiger partial charge on any atom is -0.465 e. The van der Waals surface area contributed by atoms with Crippen LogP contribution in [0.2, 0.25) is 0 Å². The SMILES string of the molecule is COC(=O)c1c(N)c2ccc(Br)cc2n(-c2cccc3cnc(C)cc23)c1=O. The smallest absolute Gasteiger partial charge is 0.345 e. The van der Waals surface area contributed by atoms with Crippen molar-refractivity contribution in [2.24, 2.45) is 0 Å². The lowest BCUT2D eigenvalue weighted by Gasteiger charge is -2.17. The molecule has 0 aliphatic carbocycles. The number of aryl methyl sites for hydroxylation is 1. The van der Waals surface area contributed by atoms with Crippen molar-refractivity contribution in [2.75, 3.05) is 12.8 Å². The average molecular weight is 438 g/mol. The van der Waals surface area contributed by atoms with E-state index in [0.29, 0.717) is 16.6 Å². The Morgan fingerprint density at radius 2 is 1.96 bits per heavy atom. The summed E-state index contributed by atoms with van der Waals surface area (Å²) in [5.74, 6) is -0.765. The molecular weight excluding hydrogens is 422 g/mol. The lowest BCUT2D eigenvalue weighted by atomic mass is 10.1. The average Bonchev–Trinajstić information content (AvgIpc) is 2.68. The first-order valence-electron chi connectivity index (χ1n) is 8.50. The Morgan fingerprint density at radius 3 is 2.71 bits per heavy atom. The van der Waals surface area contributed by atoms with Gasteiger partial charge in [0.15, 0.2) is 0 Å². The highest BCUT2D eigenvalue weighted by Crippen LogP contribution is 2.30. The van der Waals surface area contributed by atoms with Gasteiger partial charge in [0.1, 0.15) is 5.56 Å². The number of fused-ring (bicyclic) bond motifs is 2. The standard InChI is InChI=1S/C21H16BrN3O3/c1-11-8-15-12(10-24-11)4-3-5-16(15)25-17-9-13(22)6-7-14(17)19(23)18(20(25)26)21(27)28-2/h3-10H,23H2,1-2H3. The Hall–Kier alpha value is -3.19. The second kappa shape index (κ2) is 6.76. The highest BCUT2D eigenvalue weighted by Gasteiger charge is 2.23. The number of nitrogens with two attached hydrogens (primary N) is 1. The monoisotopic (exact) mass is 437 g/mol. The van der Waals surface area contributed by atoms with Crippen LogP contribution in [0.1, 0.15) is 16.1 Å². The van der Waals surface area contributed by atoms with E-state index < -0.39 is 11.5 Å². The van der Waals surface area contributed by atoms with Crippen LogP contribution in [-0.2, 0) is 4.74 Å². The van der Waals surface area contributed by atoms with Gasteiger partial charge < -0.3 is 10.5 Å². The number of hydrogen-bond acceptors (Lipinski definition) is 5. The summed E-state index contributed by atoms with van der Waals surface area (Å²) in [5, 5.41) is 2.32. The molecule has 0 unspecified atom stereocenters. The summed E-state index contributed by atoms with van der Waals surface area (Å²) in [6.45, 7) is 1.89. The van der Waals surface area contributed by atoms with Gasteiger partial charge >= 0.3 is 5.97 Å². The number of carbonyl (C=O) groups is 1. The number of nitrogens with zero attached hydrogens (tertiary/aromatic N) is 2. The molecule has 0 bridgehead atoms. The topological polar surface area (TPSA) is 87.2 Å². The fraction of sp³-hybridized carbons (Fsp3) is 0.0952. The molecule has 4 aromatic rings. The molecule has 2 N–H and O–H groups in total. The van der Waals surface area contributed by atoms with Crippen LogP contribution in [0, 0.1) is 6.92 Å². The molecule has 140 valence electrons. The minimum atomic E-state index is -0.765. The molecule has 0 amide bonds. The van der Waals surface area contributed by atoms with Gasteiger partial charge in [0.05, 0.1) is 24.0 Å². The predicted molar refractivity (Wildman–Crippen MR) is 113 cm³/mol. The number of nitrogen functional groups attached to an aromatic ring is 1. The van der Waals surface area contributed by atoms with Gasteiger partial charge in [-0.15, -0.1) is 0 Å². The Kier molecular flexibility index (Phi) is 4.39. The quantitative estimate of drug-likeness (QED) is 0.479. The van der Waals surface area contributed by atoms with Crippen LogP contribution in [0.4, 0.5) is 5.69 Å². The van der Waals surface area contributed by atoms with Gasteiger partial charge in [-0.25, -0.2) is 4.79 Å². The highest BCUT2D eigenvalue weighted by atomic mass is 79.9. The van der Waals surface area contributed by atoms with Crippen molar-refractivity contribution in [3.8, 4) is 5.69 Å². The Labute approximate surface area is 168 Å². The molecule has 28 heavy (non-hydrogen) atoms. The molecule has 0 saturated heterocycles. The normalized spacial score (nSPS) is 11.1. The molecule has 4 rings (SSSR count).